The van der Waals surface area contributed by atoms with Crippen LogP contribution in [0.15, 0.2) is 0 Å². The first-order valence-corrected chi connectivity index (χ1v) is 21.7. The van der Waals surface area contributed by atoms with E-state index in [0.29, 0.717) is 64.9 Å². The molecule has 0 unspecified atom stereocenters. The Morgan fingerprint density at radius 2 is 0.717 bits per heavy atom. The molecule has 0 aromatic heterocycles. The van der Waals surface area contributed by atoms with Gasteiger partial charge in [-0.15, -0.1) is 0 Å². The van der Waals surface area contributed by atoms with Gasteiger partial charge in [-0.05, 0) is 183 Å². The molecule has 0 amide bonds. The molecule has 0 aliphatic heterocycles. The molecule has 0 saturated heterocycles. The summed E-state index contributed by atoms with van der Waals surface area (Å²) < 4.78 is 0. The monoisotopic (exact) mass is 748 g/mol. The van der Waals surface area contributed by atoms with Gasteiger partial charge >= 0.3 is 0 Å². The fraction of sp³-hybridized carbons (Fsp3) is 0.889. The first-order valence-electron chi connectivity index (χ1n) is 21.7. The molecule has 0 radical (unpaired) electrons. The molecular weight excluding hydrogens is 663 g/mol. The Balaban J connectivity index is 0.000000648. The summed E-state index contributed by atoms with van der Waals surface area (Å²) in [7, 11) is 6.05. The molecule has 0 aromatic carbocycles. The number of rotatable bonds is 13. The maximum Gasteiger partial charge on any atom is 0.132 e. The maximum atomic E-state index is 11.1. The van der Waals surface area contributed by atoms with E-state index in [9.17, 15) is 24.0 Å². The Kier molecular flexibility index (Phi) is 30.4. The zero-order valence-corrected chi connectivity index (χ0v) is 36.2. The molecule has 4 fully saturated rings. The minimum absolute atomic E-state index is 0.289. The van der Waals surface area contributed by atoms with E-state index in [-0.39, 0.29) is 5.78 Å². The number of hydrogen-bond donors (Lipinski definition) is 3. The van der Waals surface area contributed by atoms with Crippen LogP contribution in [0.25, 0.3) is 0 Å². The summed E-state index contributed by atoms with van der Waals surface area (Å²) in [6, 6.07) is 2.06. The van der Waals surface area contributed by atoms with Crippen molar-refractivity contribution in [3.8, 4) is 0 Å². The number of ketones is 5. The average Bonchev–Trinajstić information content (AvgIpc) is 3.13. The molecule has 4 saturated carbocycles. The molecule has 0 bridgehead atoms. The molecule has 4 rings (SSSR count). The predicted octanol–water partition coefficient (Wildman–Crippen LogP) is 9.40. The van der Waals surface area contributed by atoms with Crippen LogP contribution in [0.5, 0.6) is 0 Å². The first-order chi connectivity index (χ1) is 25.2. The van der Waals surface area contributed by atoms with E-state index in [0.717, 1.165) is 57.3 Å². The second-order valence-corrected chi connectivity index (χ2v) is 16.8. The van der Waals surface area contributed by atoms with Gasteiger partial charge < -0.3 is 30.3 Å². The topological polar surface area (TPSA) is 121 Å². The number of carbonyl (C=O) groups excluding carboxylic acids is 5. The lowest BCUT2D eigenvalue weighted by Crippen LogP contribution is -2.31. The molecule has 0 atom stereocenters. The molecular formula is C45H85N3O5. The maximum absolute atomic E-state index is 11.1. The summed E-state index contributed by atoms with van der Waals surface area (Å²) in [4.78, 5) is 53.8. The van der Waals surface area contributed by atoms with Crippen molar-refractivity contribution in [2.45, 2.75) is 208 Å². The summed E-state index contributed by atoms with van der Waals surface area (Å²) in [5, 5.41) is 9.84. The SMILES string of the molecule is CCCC(C)=O.CCCC1CCC(C(C)=O)CC1.CNC1CCC(C(C)=O)CC1.CNC1CCC(CC(C)=O)CC1.CNC1CCC(CC(C)=O)CC1. The second kappa shape index (κ2) is 31.4. The van der Waals surface area contributed by atoms with Crippen molar-refractivity contribution in [1.29, 1.82) is 0 Å². The zero-order chi connectivity index (χ0) is 40.2. The van der Waals surface area contributed by atoms with Crippen LogP contribution in [0, 0.1) is 29.6 Å². The van der Waals surface area contributed by atoms with Gasteiger partial charge in [0.2, 0.25) is 0 Å². The quantitative estimate of drug-likeness (QED) is 0.171. The third-order valence-corrected chi connectivity index (χ3v) is 12.1. The normalized spacial score (nSPS) is 28.0. The van der Waals surface area contributed by atoms with Gasteiger partial charge in [0.25, 0.3) is 0 Å². The van der Waals surface area contributed by atoms with Gasteiger partial charge in [0.15, 0.2) is 0 Å². The Morgan fingerprint density at radius 1 is 0.415 bits per heavy atom. The molecule has 8 nitrogen and oxygen atoms in total. The van der Waals surface area contributed by atoms with E-state index in [4.69, 9.17) is 0 Å². The van der Waals surface area contributed by atoms with E-state index in [1.807, 2.05) is 28.1 Å². The summed E-state index contributed by atoms with van der Waals surface area (Å²) in [6.07, 6.45) is 25.3. The molecule has 8 heteroatoms. The zero-order valence-electron chi connectivity index (χ0n) is 36.2. The van der Waals surface area contributed by atoms with E-state index >= 15 is 0 Å². The van der Waals surface area contributed by atoms with Crippen LogP contribution >= 0.6 is 0 Å². The van der Waals surface area contributed by atoms with E-state index in [1.165, 1.54) is 89.9 Å². The fourth-order valence-electron chi connectivity index (χ4n) is 8.53. The van der Waals surface area contributed by atoms with Gasteiger partial charge in [-0.3, -0.25) is 9.59 Å². The van der Waals surface area contributed by atoms with Crippen LogP contribution in [-0.4, -0.2) is 68.2 Å². The van der Waals surface area contributed by atoms with Crippen molar-refractivity contribution >= 4 is 28.9 Å². The van der Waals surface area contributed by atoms with Crippen molar-refractivity contribution in [2.24, 2.45) is 29.6 Å². The third-order valence-electron chi connectivity index (χ3n) is 12.1. The molecule has 0 heterocycles. The van der Waals surface area contributed by atoms with Crippen LogP contribution < -0.4 is 16.0 Å². The Bertz CT molecular complexity index is 948. The Hall–Kier alpha value is -1.77. The number of carbonyl (C=O) groups is 5. The third kappa shape index (κ3) is 26.6. The smallest absolute Gasteiger partial charge is 0.132 e. The van der Waals surface area contributed by atoms with Crippen molar-refractivity contribution in [1.82, 2.24) is 16.0 Å². The highest BCUT2D eigenvalue weighted by molar-refractivity contribution is 5.78. The van der Waals surface area contributed by atoms with E-state index < -0.39 is 0 Å². The highest BCUT2D eigenvalue weighted by atomic mass is 16.1. The van der Waals surface area contributed by atoms with Gasteiger partial charge in [-0.2, -0.15) is 0 Å². The Labute approximate surface area is 326 Å². The van der Waals surface area contributed by atoms with Crippen molar-refractivity contribution in [2.75, 3.05) is 21.1 Å². The number of hydrogen-bond acceptors (Lipinski definition) is 8. The van der Waals surface area contributed by atoms with Crippen molar-refractivity contribution in [3.05, 3.63) is 0 Å². The minimum atomic E-state index is 0.289. The summed E-state index contributed by atoms with van der Waals surface area (Å²) in [5.74, 6) is 4.80. The highest BCUT2D eigenvalue weighted by Crippen LogP contribution is 2.32. The number of Topliss-reactive ketones (excluding diaryl/α,β-unsaturated/α-hetero) is 5. The molecule has 310 valence electrons. The number of nitrogens with one attached hydrogen (secondary N) is 3. The summed E-state index contributed by atoms with van der Waals surface area (Å²) in [5.41, 5.74) is 0. The fourth-order valence-corrected chi connectivity index (χ4v) is 8.53. The van der Waals surface area contributed by atoms with Gasteiger partial charge in [0.05, 0.1) is 0 Å². The predicted molar refractivity (Wildman–Crippen MR) is 222 cm³/mol. The summed E-state index contributed by atoms with van der Waals surface area (Å²) in [6.45, 7) is 12.7. The molecule has 53 heavy (non-hydrogen) atoms. The highest BCUT2D eigenvalue weighted by Gasteiger charge is 2.24. The summed E-state index contributed by atoms with van der Waals surface area (Å²) >= 11 is 0. The molecule has 0 aromatic rings. The minimum Gasteiger partial charge on any atom is -0.317 e. The van der Waals surface area contributed by atoms with Gasteiger partial charge in [0.1, 0.15) is 28.9 Å². The van der Waals surface area contributed by atoms with Crippen LogP contribution in [0.3, 0.4) is 0 Å². The van der Waals surface area contributed by atoms with Crippen LogP contribution in [-0.2, 0) is 24.0 Å². The van der Waals surface area contributed by atoms with Crippen LogP contribution in [0.2, 0.25) is 0 Å². The average molecular weight is 748 g/mol. The first kappa shape index (κ1) is 51.2. The second-order valence-electron chi connectivity index (χ2n) is 16.8. The van der Waals surface area contributed by atoms with E-state index in [2.05, 4.69) is 22.9 Å². The standard InChI is InChI=1S/C11H20O.2C10H19NO.C9H17NO.C5H10O/c1-3-4-10-5-7-11(8-6-10)9(2)12;2*1-8(12)7-9-3-5-10(11-2)6-4-9;1-7(11)8-3-5-9(10-2)6-4-8;1-3-4-5(2)6/h10-11H,3-8H2,1-2H3;2*9-11H,3-7H2,1-2H3;8-10H,3-6H2,1-2H3;3-4H2,1-2H3. The van der Waals surface area contributed by atoms with Gasteiger partial charge in [-0.25, -0.2) is 0 Å². The van der Waals surface area contributed by atoms with Gasteiger partial charge in [-0.1, -0.05) is 26.7 Å². The Morgan fingerprint density at radius 3 is 0.943 bits per heavy atom. The molecule has 0 spiro atoms. The van der Waals surface area contributed by atoms with Crippen LogP contribution in [0.4, 0.5) is 0 Å². The van der Waals surface area contributed by atoms with Crippen molar-refractivity contribution in [3.63, 3.8) is 0 Å². The lowest BCUT2D eigenvalue weighted by Gasteiger charge is -2.27. The van der Waals surface area contributed by atoms with Crippen molar-refractivity contribution < 1.29 is 24.0 Å². The van der Waals surface area contributed by atoms with Crippen LogP contribution in [0.1, 0.15) is 190 Å². The lowest BCUT2D eigenvalue weighted by atomic mass is 9.79. The van der Waals surface area contributed by atoms with E-state index in [1.54, 1.807) is 34.6 Å². The molecule has 3 N–H and O–H groups in total. The van der Waals surface area contributed by atoms with Gasteiger partial charge in [0, 0.05) is 49.2 Å². The molecule has 4 aliphatic carbocycles. The molecule has 4 aliphatic rings. The largest absolute Gasteiger partial charge is 0.317 e. The lowest BCUT2D eigenvalue weighted by molar-refractivity contribution is -0.122.